The zero-order valence-corrected chi connectivity index (χ0v) is 9.78. The SMILES string of the molecule is CCc1ccc(C(=O)N2CC[NH2+]CC2)cc1. The van der Waals surface area contributed by atoms with Crippen molar-refractivity contribution < 1.29 is 10.1 Å². The third kappa shape index (κ3) is 2.42. The smallest absolute Gasteiger partial charge is 0.254 e. The molecule has 0 saturated carbocycles. The van der Waals surface area contributed by atoms with Gasteiger partial charge in [-0.15, -0.1) is 0 Å². The monoisotopic (exact) mass is 219 g/mol. The normalized spacial score (nSPS) is 16.2. The van der Waals surface area contributed by atoms with Crippen LogP contribution in [0.15, 0.2) is 24.3 Å². The number of quaternary nitrogens is 1. The molecule has 16 heavy (non-hydrogen) atoms. The molecule has 1 aromatic rings. The Hall–Kier alpha value is -1.35. The van der Waals surface area contributed by atoms with Crippen LogP contribution in [-0.2, 0) is 6.42 Å². The van der Waals surface area contributed by atoms with E-state index in [0.29, 0.717) is 0 Å². The number of nitrogens with two attached hydrogens (primary N) is 1. The number of piperazine rings is 1. The van der Waals surface area contributed by atoms with Gasteiger partial charge in [0, 0.05) is 5.56 Å². The lowest BCUT2D eigenvalue weighted by Crippen LogP contribution is -2.89. The van der Waals surface area contributed by atoms with E-state index in [2.05, 4.69) is 12.2 Å². The molecule has 0 atom stereocenters. The third-order valence-electron chi connectivity index (χ3n) is 3.10. The number of amides is 1. The van der Waals surface area contributed by atoms with Crippen molar-refractivity contribution >= 4 is 5.91 Å². The van der Waals surface area contributed by atoms with Gasteiger partial charge in [0.2, 0.25) is 0 Å². The van der Waals surface area contributed by atoms with Gasteiger partial charge in [-0.25, -0.2) is 0 Å². The number of rotatable bonds is 2. The first kappa shape index (κ1) is 11.1. The van der Waals surface area contributed by atoms with Crippen LogP contribution in [0.2, 0.25) is 0 Å². The summed E-state index contributed by atoms with van der Waals surface area (Å²) in [5, 5.41) is 2.25. The minimum absolute atomic E-state index is 0.177. The van der Waals surface area contributed by atoms with Crippen molar-refractivity contribution in [2.45, 2.75) is 13.3 Å². The summed E-state index contributed by atoms with van der Waals surface area (Å²) >= 11 is 0. The highest BCUT2D eigenvalue weighted by Gasteiger charge is 2.19. The molecule has 2 rings (SSSR count). The highest BCUT2D eigenvalue weighted by atomic mass is 16.2. The molecule has 1 heterocycles. The molecule has 0 spiro atoms. The fraction of sp³-hybridized carbons (Fsp3) is 0.462. The number of hydrogen-bond donors (Lipinski definition) is 1. The Bertz CT molecular complexity index is 353. The molecule has 0 unspecified atom stereocenters. The van der Waals surface area contributed by atoms with Crippen molar-refractivity contribution in [2.24, 2.45) is 0 Å². The van der Waals surface area contributed by atoms with E-state index in [1.54, 1.807) is 0 Å². The molecule has 1 aliphatic heterocycles. The number of nitrogens with zero attached hydrogens (tertiary/aromatic N) is 1. The predicted octanol–water partition coefficient (Wildman–Crippen LogP) is 0.268. The molecule has 0 aliphatic carbocycles. The van der Waals surface area contributed by atoms with Crippen LogP contribution in [0.25, 0.3) is 0 Å². The first-order chi connectivity index (χ1) is 7.81. The van der Waals surface area contributed by atoms with Crippen molar-refractivity contribution in [1.82, 2.24) is 4.90 Å². The van der Waals surface area contributed by atoms with Crippen molar-refractivity contribution in [3.8, 4) is 0 Å². The molecule has 1 aliphatic rings. The number of hydrogen-bond acceptors (Lipinski definition) is 1. The van der Waals surface area contributed by atoms with E-state index in [1.807, 2.05) is 29.2 Å². The summed E-state index contributed by atoms with van der Waals surface area (Å²) in [5.74, 6) is 0.177. The molecule has 1 saturated heterocycles. The molecule has 3 heteroatoms. The van der Waals surface area contributed by atoms with E-state index in [-0.39, 0.29) is 5.91 Å². The molecule has 3 nitrogen and oxygen atoms in total. The maximum absolute atomic E-state index is 12.1. The fourth-order valence-electron chi connectivity index (χ4n) is 2.02. The van der Waals surface area contributed by atoms with Crippen molar-refractivity contribution in [3.63, 3.8) is 0 Å². The fourth-order valence-corrected chi connectivity index (χ4v) is 2.02. The highest BCUT2D eigenvalue weighted by Crippen LogP contribution is 2.08. The second kappa shape index (κ2) is 5.12. The molecule has 1 aromatic carbocycles. The Labute approximate surface area is 96.5 Å². The van der Waals surface area contributed by atoms with E-state index in [0.717, 1.165) is 38.2 Å². The summed E-state index contributed by atoms with van der Waals surface area (Å²) in [7, 11) is 0. The second-order valence-electron chi connectivity index (χ2n) is 4.21. The van der Waals surface area contributed by atoms with Crippen LogP contribution in [-0.4, -0.2) is 37.0 Å². The maximum Gasteiger partial charge on any atom is 0.254 e. The average molecular weight is 219 g/mol. The topological polar surface area (TPSA) is 36.9 Å². The van der Waals surface area contributed by atoms with Gasteiger partial charge in [-0.2, -0.15) is 0 Å². The zero-order chi connectivity index (χ0) is 11.4. The van der Waals surface area contributed by atoms with Gasteiger partial charge in [0.15, 0.2) is 0 Å². The minimum Gasteiger partial charge on any atom is -0.343 e. The quantitative estimate of drug-likeness (QED) is 0.761. The number of carbonyl (C=O) groups is 1. The summed E-state index contributed by atoms with van der Waals surface area (Å²) in [4.78, 5) is 14.1. The van der Waals surface area contributed by atoms with E-state index in [4.69, 9.17) is 0 Å². The summed E-state index contributed by atoms with van der Waals surface area (Å²) < 4.78 is 0. The predicted molar refractivity (Wildman–Crippen MR) is 63.4 cm³/mol. The van der Waals surface area contributed by atoms with E-state index >= 15 is 0 Å². The van der Waals surface area contributed by atoms with E-state index in [9.17, 15) is 4.79 Å². The van der Waals surface area contributed by atoms with E-state index in [1.165, 1.54) is 5.56 Å². The lowest BCUT2D eigenvalue weighted by molar-refractivity contribution is -0.661. The van der Waals surface area contributed by atoms with Crippen molar-refractivity contribution in [3.05, 3.63) is 35.4 Å². The van der Waals surface area contributed by atoms with Crippen LogP contribution in [0.4, 0.5) is 0 Å². The van der Waals surface area contributed by atoms with Gasteiger partial charge in [0.05, 0.1) is 26.2 Å². The molecule has 0 aromatic heterocycles. The maximum atomic E-state index is 12.1. The van der Waals surface area contributed by atoms with Gasteiger partial charge in [-0.3, -0.25) is 4.79 Å². The van der Waals surface area contributed by atoms with Crippen molar-refractivity contribution in [1.29, 1.82) is 0 Å². The summed E-state index contributed by atoms with van der Waals surface area (Å²) in [6.07, 6.45) is 1.02. The molecule has 0 bridgehead atoms. The number of benzene rings is 1. The Morgan fingerprint density at radius 3 is 2.44 bits per heavy atom. The van der Waals surface area contributed by atoms with Gasteiger partial charge >= 0.3 is 0 Å². The zero-order valence-electron chi connectivity index (χ0n) is 9.78. The number of aryl methyl sites for hydroxylation is 1. The van der Waals surface area contributed by atoms with Crippen LogP contribution in [0, 0.1) is 0 Å². The summed E-state index contributed by atoms with van der Waals surface area (Å²) in [6, 6.07) is 7.98. The standard InChI is InChI=1S/C13H18N2O/c1-2-11-3-5-12(6-4-11)13(16)15-9-7-14-8-10-15/h3-6,14H,2,7-10H2,1H3/p+1. The Morgan fingerprint density at radius 1 is 1.25 bits per heavy atom. The summed E-state index contributed by atoms with van der Waals surface area (Å²) in [5.41, 5.74) is 2.10. The molecule has 1 fully saturated rings. The second-order valence-corrected chi connectivity index (χ2v) is 4.21. The van der Waals surface area contributed by atoms with Gasteiger partial charge in [0.25, 0.3) is 5.91 Å². The van der Waals surface area contributed by atoms with Crippen LogP contribution in [0.1, 0.15) is 22.8 Å². The van der Waals surface area contributed by atoms with Gasteiger partial charge in [-0.05, 0) is 24.1 Å². The molecule has 2 N–H and O–H groups in total. The largest absolute Gasteiger partial charge is 0.343 e. The lowest BCUT2D eigenvalue weighted by atomic mass is 10.1. The number of carbonyl (C=O) groups excluding carboxylic acids is 1. The molecular weight excluding hydrogens is 200 g/mol. The molecular formula is C13H19N2O+. The van der Waals surface area contributed by atoms with Crippen LogP contribution in [0.3, 0.4) is 0 Å². The van der Waals surface area contributed by atoms with Crippen LogP contribution < -0.4 is 5.32 Å². The summed E-state index contributed by atoms with van der Waals surface area (Å²) in [6.45, 7) is 5.91. The van der Waals surface area contributed by atoms with Gasteiger partial charge < -0.3 is 10.2 Å². The Kier molecular flexibility index (Phi) is 3.57. The Morgan fingerprint density at radius 2 is 1.88 bits per heavy atom. The first-order valence-corrected chi connectivity index (χ1v) is 6.01. The van der Waals surface area contributed by atoms with E-state index < -0.39 is 0 Å². The molecule has 86 valence electrons. The molecule has 1 amide bonds. The van der Waals surface area contributed by atoms with Crippen LogP contribution in [0.5, 0.6) is 0 Å². The minimum atomic E-state index is 0.177. The first-order valence-electron chi connectivity index (χ1n) is 6.01. The average Bonchev–Trinajstić information content (AvgIpc) is 2.39. The third-order valence-corrected chi connectivity index (χ3v) is 3.10. The van der Waals surface area contributed by atoms with Gasteiger partial charge in [-0.1, -0.05) is 19.1 Å². The highest BCUT2D eigenvalue weighted by molar-refractivity contribution is 5.94. The lowest BCUT2D eigenvalue weighted by Gasteiger charge is -2.25. The van der Waals surface area contributed by atoms with Gasteiger partial charge in [0.1, 0.15) is 0 Å². The molecule has 0 radical (unpaired) electrons. The van der Waals surface area contributed by atoms with Crippen LogP contribution >= 0.6 is 0 Å². The Balaban J connectivity index is 2.07. The van der Waals surface area contributed by atoms with Crippen molar-refractivity contribution in [2.75, 3.05) is 26.2 Å².